The van der Waals surface area contributed by atoms with E-state index < -0.39 is 5.97 Å². The van der Waals surface area contributed by atoms with Crippen molar-refractivity contribution in [3.63, 3.8) is 0 Å². The second-order valence-corrected chi connectivity index (χ2v) is 5.65. The Morgan fingerprint density at radius 2 is 2.44 bits per heavy atom. The monoisotopic (exact) mass is 269 g/mol. The van der Waals surface area contributed by atoms with Crippen molar-refractivity contribution in [3.8, 4) is 0 Å². The highest BCUT2D eigenvalue weighted by atomic mass is 32.2. The lowest BCUT2D eigenvalue weighted by Crippen LogP contribution is -2.46. The van der Waals surface area contributed by atoms with Crippen molar-refractivity contribution in [3.05, 3.63) is 17.5 Å². The van der Waals surface area contributed by atoms with E-state index in [-0.39, 0.29) is 6.04 Å². The van der Waals surface area contributed by atoms with Gasteiger partial charge in [0.15, 0.2) is 0 Å². The first kappa shape index (κ1) is 13.4. The van der Waals surface area contributed by atoms with Crippen LogP contribution >= 0.6 is 11.8 Å². The molecule has 0 bridgehead atoms. The number of nitrogens with zero attached hydrogens (tertiary/aromatic N) is 3. The van der Waals surface area contributed by atoms with Crippen LogP contribution in [0.3, 0.4) is 0 Å². The predicted octanol–water partition coefficient (Wildman–Crippen LogP) is 0.984. The van der Waals surface area contributed by atoms with E-state index in [0.717, 1.165) is 30.1 Å². The van der Waals surface area contributed by atoms with Crippen LogP contribution in [0.4, 0.5) is 0 Å². The zero-order valence-electron chi connectivity index (χ0n) is 10.8. The molecule has 1 aliphatic rings. The maximum absolute atomic E-state index is 11.2. The zero-order chi connectivity index (χ0) is 13.1. The van der Waals surface area contributed by atoms with Gasteiger partial charge in [0.25, 0.3) is 0 Å². The van der Waals surface area contributed by atoms with Crippen LogP contribution in [0.5, 0.6) is 0 Å². The minimum atomic E-state index is -0.722. The number of carboxylic acids is 1. The average Bonchev–Trinajstić information content (AvgIpc) is 2.71. The molecule has 100 valence electrons. The van der Waals surface area contributed by atoms with Gasteiger partial charge in [-0.1, -0.05) is 6.92 Å². The molecule has 2 heterocycles. The van der Waals surface area contributed by atoms with Crippen molar-refractivity contribution in [1.29, 1.82) is 0 Å². The molecule has 0 amide bonds. The van der Waals surface area contributed by atoms with Gasteiger partial charge in [0.05, 0.1) is 11.4 Å². The van der Waals surface area contributed by atoms with E-state index in [1.165, 1.54) is 0 Å². The van der Waals surface area contributed by atoms with Gasteiger partial charge in [0.2, 0.25) is 0 Å². The highest BCUT2D eigenvalue weighted by Crippen LogP contribution is 2.19. The lowest BCUT2D eigenvalue weighted by Gasteiger charge is -2.32. The van der Waals surface area contributed by atoms with Crippen molar-refractivity contribution in [2.24, 2.45) is 7.05 Å². The van der Waals surface area contributed by atoms with Crippen LogP contribution in [0.15, 0.2) is 6.07 Å². The van der Waals surface area contributed by atoms with E-state index in [0.29, 0.717) is 12.3 Å². The number of hydrogen-bond donors (Lipinski definition) is 1. The van der Waals surface area contributed by atoms with E-state index >= 15 is 0 Å². The standard InChI is InChI=1S/C12H19N3O2S/c1-3-9-6-10(14(2)13-9)7-15-4-5-18-8-11(15)12(16)17/h6,11H,3-5,7-8H2,1-2H3,(H,16,17). The summed E-state index contributed by atoms with van der Waals surface area (Å²) in [5.41, 5.74) is 2.15. The largest absolute Gasteiger partial charge is 0.480 e. The number of carbonyl (C=O) groups is 1. The van der Waals surface area contributed by atoms with Gasteiger partial charge in [0, 0.05) is 31.6 Å². The third-order valence-electron chi connectivity index (χ3n) is 3.28. The van der Waals surface area contributed by atoms with Gasteiger partial charge in [0.1, 0.15) is 6.04 Å². The van der Waals surface area contributed by atoms with Gasteiger partial charge >= 0.3 is 5.97 Å². The molecule has 5 nitrogen and oxygen atoms in total. The topological polar surface area (TPSA) is 58.4 Å². The Hall–Kier alpha value is -1.01. The van der Waals surface area contributed by atoms with Crippen LogP contribution in [-0.2, 0) is 24.8 Å². The number of aromatic nitrogens is 2. The number of aliphatic carboxylic acids is 1. The highest BCUT2D eigenvalue weighted by Gasteiger charge is 2.29. The molecular formula is C12H19N3O2S. The molecule has 18 heavy (non-hydrogen) atoms. The Kier molecular flexibility index (Phi) is 4.29. The van der Waals surface area contributed by atoms with E-state index in [4.69, 9.17) is 0 Å². The number of aryl methyl sites for hydroxylation is 2. The van der Waals surface area contributed by atoms with Crippen LogP contribution in [0.25, 0.3) is 0 Å². The maximum atomic E-state index is 11.2. The summed E-state index contributed by atoms with van der Waals surface area (Å²) in [7, 11) is 1.92. The Bertz CT molecular complexity index is 433. The fourth-order valence-corrected chi connectivity index (χ4v) is 3.26. The lowest BCUT2D eigenvalue weighted by atomic mass is 10.2. The molecule has 0 saturated carbocycles. The molecule has 1 unspecified atom stereocenters. The summed E-state index contributed by atoms with van der Waals surface area (Å²) < 4.78 is 1.86. The molecule has 6 heteroatoms. The summed E-state index contributed by atoms with van der Waals surface area (Å²) >= 11 is 1.71. The zero-order valence-corrected chi connectivity index (χ0v) is 11.6. The summed E-state index contributed by atoms with van der Waals surface area (Å²) in [6.45, 7) is 3.57. The maximum Gasteiger partial charge on any atom is 0.321 e. The molecule has 0 spiro atoms. The minimum absolute atomic E-state index is 0.372. The van der Waals surface area contributed by atoms with Gasteiger partial charge in [-0.2, -0.15) is 16.9 Å². The second kappa shape index (κ2) is 5.75. The molecule has 1 aromatic heterocycles. The SMILES string of the molecule is CCc1cc(CN2CCSCC2C(=O)O)n(C)n1. The van der Waals surface area contributed by atoms with Crippen LogP contribution in [0.2, 0.25) is 0 Å². The first-order valence-electron chi connectivity index (χ1n) is 6.18. The van der Waals surface area contributed by atoms with Crippen LogP contribution < -0.4 is 0 Å². The van der Waals surface area contributed by atoms with Gasteiger partial charge in [-0.3, -0.25) is 14.4 Å². The van der Waals surface area contributed by atoms with Gasteiger partial charge < -0.3 is 5.11 Å². The molecule has 0 aliphatic carbocycles. The average molecular weight is 269 g/mol. The third-order valence-corrected chi connectivity index (χ3v) is 4.30. The molecule has 1 saturated heterocycles. The van der Waals surface area contributed by atoms with E-state index in [1.807, 2.05) is 16.6 Å². The summed E-state index contributed by atoms with van der Waals surface area (Å²) in [6.07, 6.45) is 0.909. The van der Waals surface area contributed by atoms with Crippen LogP contribution in [0.1, 0.15) is 18.3 Å². The summed E-state index contributed by atoms with van der Waals surface area (Å²) in [6, 6.07) is 1.70. The molecule has 0 aromatic carbocycles. The highest BCUT2D eigenvalue weighted by molar-refractivity contribution is 7.99. The number of rotatable bonds is 4. The second-order valence-electron chi connectivity index (χ2n) is 4.50. The Morgan fingerprint density at radius 3 is 3.06 bits per heavy atom. The van der Waals surface area contributed by atoms with Crippen molar-refractivity contribution in [2.75, 3.05) is 18.1 Å². The Labute approximate surface area is 111 Å². The molecular weight excluding hydrogens is 250 g/mol. The normalized spacial score (nSPS) is 21.1. The quantitative estimate of drug-likeness (QED) is 0.883. The number of hydrogen-bond acceptors (Lipinski definition) is 4. The molecule has 1 fully saturated rings. The van der Waals surface area contributed by atoms with Gasteiger partial charge in [-0.05, 0) is 12.5 Å². The Morgan fingerprint density at radius 1 is 1.67 bits per heavy atom. The first-order valence-corrected chi connectivity index (χ1v) is 7.33. The van der Waals surface area contributed by atoms with Crippen molar-refractivity contribution < 1.29 is 9.90 Å². The fourth-order valence-electron chi connectivity index (χ4n) is 2.16. The van der Waals surface area contributed by atoms with E-state index in [1.54, 1.807) is 11.8 Å². The summed E-state index contributed by atoms with van der Waals surface area (Å²) in [5, 5.41) is 13.6. The Balaban J connectivity index is 2.10. The molecule has 1 N–H and O–H groups in total. The first-order chi connectivity index (χ1) is 8.61. The lowest BCUT2D eigenvalue weighted by molar-refractivity contribution is -0.142. The van der Waals surface area contributed by atoms with Crippen LogP contribution in [-0.4, -0.2) is 49.8 Å². The van der Waals surface area contributed by atoms with Crippen molar-refractivity contribution >= 4 is 17.7 Å². The van der Waals surface area contributed by atoms with Gasteiger partial charge in [-0.25, -0.2) is 0 Å². The molecule has 1 aliphatic heterocycles. The van der Waals surface area contributed by atoms with Crippen LogP contribution in [0, 0.1) is 0 Å². The summed E-state index contributed by atoms with van der Waals surface area (Å²) in [4.78, 5) is 13.3. The smallest absolute Gasteiger partial charge is 0.321 e. The van der Waals surface area contributed by atoms with Crippen molar-refractivity contribution in [1.82, 2.24) is 14.7 Å². The van der Waals surface area contributed by atoms with E-state index in [2.05, 4.69) is 18.1 Å². The minimum Gasteiger partial charge on any atom is -0.480 e. The molecule has 2 rings (SSSR count). The van der Waals surface area contributed by atoms with Crippen molar-refractivity contribution in [2.45, 2.75) is 25.9 Å². The van der Waals surface area contributed by atoms with E-state index in [9.17, 15) is 9.90 Å². The summed E-state index contributed by atoms with van der Waals surface area (Å²) in [5.74, 6) is 0.955. The molecule has 1 aromatic rings. The van der Waals surface area contributed by atoms with Gasteiger partial charge in [-0.15, -0.1) is 0 Å². The molecule has 0 radical (unpaired) electrons. The third kappa shape index (κ3) is 2.87. The number of thioether (sulfide) groups is 1. The number of carboxylic acid groups (broad SMARTS) is 1. The fraction of sp³-hybridized carbons (Fsp3) is 0.667. The molecule has 1 atom stereocenters. The predicted molar refractivity (Wildman–Crippen MR) is 71.7 cm³/mol.